The zero-order chi connectivity index (χ0) is 15.3. The molecule has 1 aromatic heterocycles. The summed E-state index contributed by atoms with van der Waals surface area (Å²) < 4.78 is 26.0. The normalized spacial score (nSPS) is 11.6. The predicted octanol–water partition coefficient (Wildman–Crippen LogP) is -0.136. The van der Waals surface area contributed by atoms with Crippen molar-refractivity contribution in [1.82, 2.24) is 14.2 Å². The number of carbonyl (C=O) groups excluding carboxylic acids is 1. The molecule has 1 rings (SSSR count). The average molecular weight is 301 g/mol. The molecule has 1 heterocycles. The summed E-state index contributed by atoms with van der Waals surface area (Å²) in [6, 6.07) is 2.38. The molecule has 0 atom stereocenters. The van der Waals surface area contributed by atoms with Crippen molar-refractivity contribution in [2.24, 2.45) is 0 Å². The lowest BCUT2D eigenvalue weighted by Crippen LogP contribution is -2.40. The lowest BCUT2D eigenvalue weighted by Gasteiger charge is -2.22. The van der Waals surface area contributed by atoms with Gasteiger partial charge in [0.1, 0.15) is 0 Å². The lowest BCUT2D eigenvalue weighted by atomic mass is 10.4. The van der Waals surface area contributed by atoms with Crippen molar-refractivity contribution in [2.75, 3.05) is 27.2 Å². The van der Waals surface area contributed by atoms with E-state index < -0.39 is 10.0 Å². The molecule has 0 bridgehead atoms. The fraction of sp³-hybridized carbons (Fsp3) is 0.500. The second-order valence-electron chi connectivity index (χ2n) is 4.52. The Morgan fingerprint density at radius 2 is 1.95 bits per heavy atom. The molecular weight excluding hydrogens is 282 g/mol. The Morgan fingerprint density at radius 3 is 2.40 bits per heavy atom. The number of likely N-dealkylation sites (N-methyl/N-ethyl adjacent to an activating group) is 1. The van der Waals surface area contributed by atoms with Gasteiger partial charge in [0.2, 0.25) is 21.5 Å². The molecule has 0 saturated heterocycles. The van der Waals surface area contributed by atoms with Crippen molar-refractivity contribution in [3.8, 4) is 0 Å². The summed E-state index contributed by atoms with van der Waals surface area (Å²) in [5.74, 6) is -0.300. The van der Waals surface area contributed by atoms with Gasteiger partial charge >= 0.3 is 0 Å². The van der Waals surface area contributed by atoms with Crippen LogP contribution in [0.15, 0.2) is 28.0 Å². The van der Waals surface area contributed by atoms with Gasteiger partial charge in [0.05, 0.1) is 11.4 Å². The highest BCUT2D eigenvalue weighted by molar-refractivity contribution is 7.89. The standard InChI is InChI=1S/C12H19N3O4S/c1-4-7-15(9-12(17)14(2)3)20(18,19)10-5-6-11(16)13-8-10/h5-6,8H,4,7,9H2,1-3H3,(H,13,16). The number of nitrogens with one attached hydrogen (secondary N) is 1. The van der Waals surface area contributed by atoms with Gasteiger partial charge in [-0.2, -0.15) is 4.31 Å². The summed E-state index contributed by atoms with van der Waals surface area (Å²) >= 11 is 0. The molecule has 1 aromatic rings. The van der Waals surface area contributed by atoms with E-state index in [0.717, 1.165) is 16.6 Å². The van der Waals surface area contributed by atoms with E-state index in [1.807, 2.05) is 6.92 Å². The van der Waals surface area contributed by atoms with Gasteiger partial charge in [-0.05, 0) is 12.5 Å². The molecule has 0 aliphatic heterocycles. The van der Waals surface area contributed by atoms with Crippen LogP contribution in [0, 0.1) is 0 Å². The van der Waals surface area contributed by atoms with Gasteiger partial charge in [0.15, 0.2) is 0 Å². The molecular formula is C12H19N3O4S. The number of hydrogen-bond donors (Lipinski definition) is 1. The number of H-pyrrole nitrogens is 1. The van der Waals surface area contributed by atoms with Crippen molar-refractivity contribution < 1.29 is 13.2 Å². The Bertz CT molecular complexity index is 601. The third kappa shape index (κ3) is 3.91. The number of aromatic nitrogens is 1. The van der Waals surface area contributed by atoms with E-state index in [9.17, 15) is 18.0 Å². The summed E-state index contributed by atoms with van der Waals surface area (Å²) in [7, 11) is -0.656. The molecule has 0 fully saturated rings. The van der Waals surface area contributed by atoms with Crippen LogP contribution in [0.4, 0.5) is 0 Å². The Morgan fingerprint density at radius 1 is 1.30 bits per heavy atom. The minimum Gasteiger partial charge on any atom is -0.348 e. The lowest BCUT2D eigenvalue weighted by molar-refractivity contribution is -0.128. The molecule has 8 heteroatoms. The molecule has 0 radical (unpaired) electrons. The van der Waals surface area contributed by atoms with Crippen LogP contribution in [0.5, 0.6) is 0 Å². The zero-order valence-corrected chi connectivity index (χ0v) is 12.6. The van der Waals surface area contributed by atoms with Gasteiger partial charge in [-0.3, -0.25) is 9.59 Å². The van der Waals surface area contributed by atoms with Gasteiger partial charge in [0.25, 0.3) is 0 Å². The first-order valence-corrected chi connectivity index (χ1v) is 7.62. The van der Waals surface area contributed by atoms with Crippen molar-refractivity contribution in [3.05, 3.63) is 28.7 Å². The topological polar surface area (TPSA) is 90.6 Å². The first kappa shape index (κ1) is 16.4. The minimum atomic E-state index is -3.79. The van der Waals surface area contributed by atoms with Crippen molar-refractivity contribution in [3.63, 3.8) is 0 Å². The highest BCUT2D eigenvalue weighted by Gasteiger charge is 2.26. The van der Waals surface area contributed by atoms with E-state index in [-0.39, 0.29) is 29.5 Å². The molecule has 112 valence electrons. The van der Waals surface area contributed by atoms with E-state index in [1.54, 1.807) is 14.1 Å². The number of aromatic amines is 1. The number of amides is 1. The molecule has 20 heavy (non-hydrogen) atoms. The summed E-state index contributed by atoms with van der Waals surface area (Å²) in [6.07, 6.45) is 1.73. The quantitative estimate of drug-likeness (QED) is 0.792. The van der Waals surface area contributed by atoms with Crippen LogP contribution < -0.4 is 5.56 Å². The fourth-order valence-corrected chi connectivity index (χ4v) is 2.98. The van der Waals surface area contributed by atoms with Crippen LogP contribution in [0.3, 0.4) is 0 Å². The molecule has 0 unspecified atom stereocenters. The Kier molecular flexibility index (Phi) is 5.46. The van der Waals surface area contributed by atoms with Crippen LogP contribution in [0.1, 0.15) is 13.3 Å². The summed E-state index contributed by atoms with van der Waals surface area (Å²) in [6.45, 7) is 1.85. The molecule has 0 aliphatic carbocycles. The van der Waals surface area contributed by atoms with Gasteiger partial charge in [-0.15, -0.1) is 0 Å². The number of carbonyl (C=O) groups is 1. The maximum Gasteiger partial charge on any atom is 0.247 e. The predicted molar refractivity (Wildman–Crippen MR) is 74.8 cm³/mol. The molecule has 0 saturated carbocycles. The molecule has 0 spiro atoms. The van der Waals surface area contributed by atoms with Crippen LogP contribution in [0.2, 0.25) is 0 Å². The second kappa shape index (κ2) is 6.67. The maximum atomic E-state index is 12.4. The van der Waals surface area contributed by atoms with Crippen molar-refractivity contribution in [2.45, 2.75) is 18.2 Å². The van der Waals surface area contributed by atoms with Gasteiger partial charge in [-0.25, -0.2) is 8.42 Å². The Hall–Kier alpha value is -1.67. The molecule has 1 N–H and O–H groups in total. The Balaban J connectivity index is 3.08. The summed E-state index contributed by atoms with van der Waals surface area (Å²) in [5, 5.41) is 0. The number of sulfonamides is 1. The minimum absolute atomic E-state index is 0.0305. The van der Waals surface area contributed by atoms with E-state index in [1.165, 1.54) is 11.0 Å². The van der Waals surface area contributed by atoms with Crippen LogP contribution in [-0.4, -0.2) is 55.7 Å². The van der Waals surface area contributed by atoms with Crippen molar-refractivity contribution in [1.29, 1.82) is 0 Å². The van der Waals surface area contributed by atoms with Gasteiger partial charge in [-0.1, -0.05) is 6.92 Å². The fourth-order valence-electron chi connectivity index (χ4n) is 1.53. The van der Waals surface area contributed by atoms with Crippen LogP contribution >= 0.6 is 0 Å². The molecule has 1 amide bonds. The van der Waals surface area contributed by atoms with Crippen LogP contribution in [-0.2, 0) is 14.8 Å². The van der Waals surface area contributed by atoms with Crippen molar-refractivity contribution >= 4 is 15.9 Å². The highest BCUT2D eigenvalue weighted by atomic mass is 32.2. The van der Waals surface area contributed by atoms with Gasteiger partial charge in [0, 0.05) is 32.9 Å². The van der Waals surface area contributed by atoms with E-state index in [4.69, 9.17) is 0 Å². The smallest absolute Gasteiger partial charge is 0.247 e. The molecule has 0 aromatic carbocycles. The molecule has 0 aliphatic rings. The number of nitrogens with zero attached hydrogens (tertiary/aromatic N) is 2. The largest absolute Gasteiger partial charge is 0.348 e. The second-order valence-corrected chi connectivity index (χ2v) is 6.45. The highest BCUT2D eigenvalue weighted by Crippen LogP contribution is 2.14. The number of hydrogen-bond acceptors (Lipinski definition) is 4. The SMILES string of the molecule is CCCN(CC(=O)N(C)C)S(=O)(=O)c1ccc(=O)[nH]c1. The first-order chi connectivity index (χ1) is 9.28. The summed E-state index contributed by atoms with van der Waals surface area (Å²) in [4.78, 5) is 26.3. The van der Waals surface area contributed by atoms with E-state index in [2.05, 4.69) is 4.98 Å². The Labute approximate surface area is 118 Å². The molecule has 7 nitrogen and oxygen atoms in total. The zero-order valence-electron chi connectivity index (χ0n) is 11.8. The van der Waals surface area contributed by atoms with E-state index in [0.29, 0.717) is 6.42 Å². The number of pyridine rings is 1. The van der Waals surface area contributed by atoms with Gasteiger partial charge < -0.3 is 9.88 Å². The average Bonchev–Trinajstić information content (AvgIpc) is 2.38. The third-order valence-electron chi connectivity index (χ3n) is 2.68. The first-order valence-electron chi connectivity index (χ1n) is 6.18. The van der Waals surface area contributed by atoms with E-state index >= 15 is 0 Å². The summed E-state index contributed by atoms with van der Waals surface area (Å²) in [5.41, 5.74) is -0.379. The monoisotopic (exact) mass is 301 g/mol. The third-order valence-corrected chi connectivity index (χ3v) is 4.52. The maximum absolute atomic E-state index is 12.4. The van der Waals surface area contributed by atoms with Crippen LogP contribution in [0.25, 0.3) is 0 Å². The number of rotatable bonds is 6.